The molecule has 0 aliphatic rings. The molecule has 0 aromatic heterocycles. The molecule has 0 amide bonds. The van der Waals surface area contributed by atoms with Gasteiger partial charge in [0.05, 0.1) is 0 Å². The predicted octanol–water partition coefficient (Wildman–Crippen LogP) is 2.94. The molecule has 1 atom stereocenters. The number of nitrogens with one attached hydrogen (secondary N) is 1. The van der Waals surface area contributed by atoms with Crippen LogP contribution >= 0.6 is 0 Å². The van der Waals surface area contributed by atoms with E-state index >= 15 is 0 Å². The van der Waals surface area contributed by atoms with Gasteiger partial charge in [0.15, 0.2) is 0 Å². The van der Waals surface area contributed by atoms with E-state index in [0.29, 0.717) is 6.04 Å². The molecule has 0 radical (unpaired) electrons. The van der Waals surface area contributed by atoms with E-state index < -0.39 is 0 Å². The lowest BCUT2D eigenvalue weighted by Crippen LogP contribution is -2.38. The number of hydrogen-bond donors (Lipinski definition) is 1. The van der Waals surface area contributed by atoms with Crippen LogP contribution < -0.4 is 5.32 Å². The van der Waals surface area contributed by atoms with Crippen molar-refractivity contribution in [2.24, 2.45) is 0 Å². The molecule has 1 aromatic carbocycles. The summed E-state index contributed by atoms with van der Waals surface area (Å²) >= 11 is 0. The maximum atomic E-state index is 3.65. The minimum Gasteiger partial charge on any atom is -0.313 e. The summed E-state index contributed by atoms with van der Waals surface area (Å²) in [7, 11) is 4.30. The first-order valence-electron chi connectivity index (χ1n) is 7.14. The fourth-order valence-electron chi connectivity index (χ4n) is 2.24. The highest BCUT2D eigenvalue weighted by Crippen LogP contribution is 2.07. The zero-order valence-corrected chi connectivity index (χ0v) is 12.2. The molecule has 1 rings (SSSR count). The highest BCUT2D eigenvalue weighted by molar-refractivity contribution is 5.14. The molecule has 0 aliphatic heterocycles. The number of rotatable bonds is 9. The van der Waals surface area contributed by atoms with Gasteiger partial charge in [0.25, 0.3) is 0 Å². The molecule has 1 aromatic rings. The standard InChI is InChI=1S/C16H28N2/c1-4-13-17-16(14-18(2)3)12-8-11-15-9-6-5-7-10-15/h5-7,9-10,16-17H,4,8,11-14H2,1-3H3. The van der Waals surface area contributed by atoms with Crippen molar-refractivity contribution in [3.8, 4) is 0 Å². The first-order valence-corrected chi connectivity index (χ1v) is 7.14. The number of nitrogens with zero attached hydrogens (tertiary/aromatic N) is 1. The molecule has 1 N–H and O–H groups in total. The highest BCUT2D eigenvalue weighted by Gasteiger charge is 2.08. The SMILES string of the molecule is CCCNC(CCCc1ccccc1)CN(C)C. The number of benzene rings is 1. The second kappa shape index (κ2) is 9.12. The van der Waals surface area contributed by atoms with Gasteiger partial charge in [-0.1, -0.05) is 37.3 Å². The lowest BCUT2D eigenvalue weighted by molar-refractivity contribution is 0.323. The van der Waals surface area contributed by atoms with Crippen LogP contribution in [0.3, 0.4) is 0 Å². The molecule has 102 valence electrons. The van der Waals surface area contributed by atoms with Gasteiger partial charge in [-0.15, -0.1) is 0 Å². The minimum absolute atomic E-state index is 0.628. The van der Waals surface area contributed by atoms with Gasteiger partial charge >= 0.3 is 0 Å². The molecule has 0 heterocycles. The fourth-order valence-corrected chi connectivity index (χ4v) is 2.24. The molecule has 1 unspecified atom stereocenters. The lowest BCUT2D eigenvalue weighted by Gasteiger charge is -2.22. The van der Waals surface area contributed by atoms with E-state index in [4.69, 9.17) is 0 Å². The van der Waals surface area contributed by atoms with Crippen LogP contribution in [0, 0.1) is 0 Å². The summed E-state index contributed by atoms with van der Waals surface area (Å²) in [6, 6.07) is 11.4. The zero-order chi connectivity index (χ0) is 13.2. The zero-order valence-electron chi connectivity index (χ0n) is 12.2. The van der Waals surface area contributed by atoms with Crippen molar-refractivity contribution in [2.45, 2.75) is 38.6 Å². The first-order chi connectivity index (χ1) is 8.72. The number of aryl methyl sites for hydroxylation is 1. The Morgan fingerprint density at radius 3 is 2.50 bits per heavy atom. The summed E-state index contributed by atoms with van der Waals surface area (Å²) in [4.78, 5) is 2.27. The second-order valence-electron chi connectivity index (χ2n) is 5.29. The minimum atomic E-state index is 0.628. The van der Waals surface area contributed by atoms with Crippen LogP contribution in [0.1, 0.15) is 31.7 Å². The monoisotopic (exact) mass is 248 g/mol. The lowest BCUT2D eigenvalue weighted by atomic mass is 10.0. The Bertz CT molecular complexity index is 295. The number of likely N-dealkylation sites (N-methyl/N-ethyl adjacent to an activating group) is 1. The van der Waals surface area contributed by atoms with E-state index in [1.54, 1.807) is 0 Å². The quantitative estimate of drug-likeness (QED) is 0.723. The van der Waals surface area contributed by atoms with Crippen molar-refractivity contribution in [3.05, 3.63) is 35.9 Å². The molecule has 0 fully saturated rings. The van der Waals surface area contributed by atoms with Crippen LogP contribution in [0.4, 0.5) is 0 Å². The maximum Gasteiger partial charge on any atom is 0.0194 e. The third kappa shape index (κ3) is 6.77. The molecule has 0 bridgehead atoms. The summed E-state index contributed by atoms with van der Waals surface area (Å²) in [6.45, 7) is 4.49. The van der Waals surface area contributed by atoms with Gasteiger partial charge in [-0.05, 0) is 51.9 Å². The van der Waals surface area contributed by atoms with E-state index in [1.165, 1.54) is 31.2 Å². The molecule has 2 heteroatoms. The summed E-state index contributed by atoms with van der Waals surface area (Å²) in [5.74, 6) is 0. The van der Waals surface area contributed by atoms with Gasteiger partial charge in [0, 0.05) is 12.6 Å². The topological polar surface area (TPSA) is 15.3 Å². The Balaban J connectivity index is 2.27. The average molecular weight is 248 g/mol. The Kier molecular flexibility index (Phi) is 7.70. The van der Waals surface area contributed by atoms with Crippen LogP contribution in [0.25, 0.3) is 0 Å². The van der Waals surface area contributed by atoms with E-state index in [1.807, 2.05) is 0 Å². The van der Waals surface area contributed by atoms with Crippen LogP contribution in [-0.4, -0.2) is 38.1 Å². The Morgan fingerprint density at radius 1 is 1.17 bits per heavy atom. The summed E-state index contributed by atoms with van der Waals surface area (Å²) in [5, 5.41) is 3.65. The van der Waals surface area contributed by atoms with E-state index in [9.17, 15) is 0 Å². The summed E-state index contributed by atoms with van der Waals surface area (Å²) in [6.07, 6.45) is 4.92. The van der Waals surface area contributed by atoms with Gasteiger partial charge < -0.3 is 10.2 Å². The van der Waals surface area contributed by atoms with Gasteiger partial charge in [-0.2, -0.15) is 0 Å². The Morgan fingerprint density at radius 2 is 1.89 bits per heavy atom. The Hall–Kier alpha value is -0.860. The third-order valence-corrected chi connectivity index (χ3v) is 3.13. The van der Waals surface area contributed by atoms with Gasteiger partial charge in [-0.25, -0.2) is 0 Å². The molecule has 2 nitrogen and oxygen atoms in total. The molecule has 0 saturated heterocycles. The molecule has 0 spiro atoms. The third-order valence-electron chi connectivity index (χ3n) is 3.13. The maximum absolute atomic E-state index is 3.65. The summed E-state index contributed by atoms with van der Waals surface area (Å²) < 4.78 is 0. The first kappa shape index (κ1) is 15.2. The van der Waals surface area contributed by atoms with Gasteiger partial charge in [0.2, 0.25) is 0 Å². The highest BCUT2D eigenvalue weighted by atomic mass is 15.1. The van der Waals surface area contributed by atoms with Crippen LogP contribution in [0.2, 0.25) is 0 Å². The Labute approximate surface area is 112 Å². The van der Waals surface area contributed by atoms with E-state index in [0.717, 1.165) is 13.1 Å². The van der Waals surface area contributed by atoms with Crippen molar-refractivity contribution < 1.29 is 0 Å². The smallest absolute Gasteiger partial charge is 0.0194 e. The largest absolute Gasteiger partial charge is 0.313 e. The van der Waals surface area contributed by atoms with E-state index in [-0.39, 0.29) is 0 Å². The molecular weight excluding hydrogens is 220 g/mol. The van der Waals surface area contributed by atoms with Crippen molar-refractivity contribution in [1.82, 2.24) is 10.2 Å². The average Bonchev–Trinajstić information content (AvgIpc) is 2.36. The number of hydrogen-bond acceptors (Lipinski definition) is 2. The second-order valence-corrected chi connectivity index (χ2v) is 5.29. The predicted molar refractivity (Wildman–Crippen MR) is 80.0 cm³/mol. The molecular formula is C16H28N2. The van der Waals surface area contributed by atoms with Gasteiger partial charge in [0.1, 0.15) is 0 Å². The van der Waals surface area contributed by atoms with Crippen molar-refractivity contribution >= 4 is 0 Å². The van der Waals surface area contributed by atoms with Crippen LogP contribution in [-0.2, 0) is 6.42 Å². The normalized spacial score (nSPS) is 12.9. The van der Waals surface area contributed by atoms with Crippen LogP contribution in [0.5, 0.6) is 0 Å². The fraction of sp³-hybridized carbons (Fsp3) is 0.625. The van der Waals surface area contributed by atoms with Crippen LogP contribution in [0.15, 0.2) is 30.3 Å². The van der Waals surface area contributed by atoms with Crippen molar-refractivity contribution in [2.75, 3.05) is 27.2 Å². The van der Waals surface area contributed by atoms with E-state index in [2.05, 4.69) is 61.6 Å². The van der Waals surface area contributed by atoms with Crippen molar-refractivity contribution in [3.63, 3.8) is 0 Å². The molecule has 0 saturated carbocycles. The molecule has 0 aliphatic carbocycles. The summed E-state index contributed by atoms with van der Waals surface area (Å²) in [5.41, 5.74) is 1.46. The molecule has 18 heavy (non-hydrogen) atoms. The van der Waals surface area contributed by atoms with Crippen molar-refractivity contribution in [1.29, 1.82) is 0 Å². The van der Waals surface area contributed by atoms with Gasteiger partial charge in [-0.3, -0.25) is 0 Å².